The van der Waals surface area contributed by atoms with Crippen molar-refractivity contribution in [3.63, 3.8) is 0 Å². The number of carbonyl (C=O) groups excluding carboxylic acids is 1. The van der Waals surface area contributed by atoms with Crippen molar-refractivity contribution in [2.75, 3.05) is 12.3 Å². The van der Waals surface area contributed by atoms with Gasteiger partial charge in [-0.2, -0.15) is 0 Å². The number of benzene rings is 1. The zero-order valence-electron chi connectivity index (χ0n) is 11.6. The van der Waals surface area contributed by atoms with Crippen molar-refractivity contribution in [3.05, 3.63) is 28.8 Å². The molecule has 2 aliphatic rings. The van der Waals surface area contributed by atoms with Crippen molar-refractivity contribution in [1.82, 2.24) is 4.90 Å². The molecular formula is C16H21ClN2O. The van der Waals surface area contributed by atoms with E-state index in [1.54, 1.807) is 18.2 Å². The molecule has 4 heteroatoms. The molecule has 1 unspecified atom stereocenters. The Morgan fingerprint density at radius 2 is 1.95 bits per heavy atom. The highest BCUT2D eigenvalue weighted by Crippen LogP contribution is 2.36. The van der Waals surface area contributed by atoms with Gasteiger partial charge in [0.2, 0.25) is 0 Å². The molecule has 1 amide bonds. The van der Waals surface area contributed by atoms with Gasteiger partial charge in [-0.1, -0.05) is 24.4 Å². The molecule has 20 heavy (non-hydrogen) atoms. The molecule has 0 spiro atoms. The van der Waals surface area contributed by atoms with Crippen molar-refractivity contribution >= 4 is 23.2 Å². The van der Waals surface area contributed by atoms with Crippen LogP contribution >= 0.6 is 11.6 Å². The fourth-order valence-corrected chi connectivity index (χ4v) is 3.88. The molecule has 2 fully saturated rings. The predicted octanol–water partition coefficient (Wildman–Crippen LogP) is 3.72. The summed E-state index contributed by atoms with van der Waals surface area (Å²) in [5.74, 6) is 0.812. The second-order valence-corrected chi connectivity index (χ2v) is 6.40. The van der Waals surface area contributed by atoms with E-state index in [1.165, 1.54) is 25.7 Å². The van der Waals surface area contributed by atoms with E-state index >= 15 is 0 Å². The predicted molar refractivity (Wildman–Crippen MR) is 81.9 cm³/mol. The molecule has 0 bridgehead atoms. The summed E-state index contributed by atoms with van der Waals surface area (Å²) in [6, 6.07) is 5.63. The van der Waals surface area contributed by atoms with Gasteiger partial charge in [-0.3, -0.25) is 4.79 Å². The average molecular weight is 293 g/mol. The van der Waals surface area contributed by atoms with Gasteiger partial charge >= 0.3 is 0 Å². The maximum Gasteiger partial charge on any atom is 0.254 e. The van der Waals surface area contributed by atoms with Gasteiger partial charge < -0.3 is 10.6 Å². The minimum Gasteiger partial charge on any atom is -0.398 e. The van der Waals surface area contributed by atoms with E-state index in [9.17, 15) is 4.79 Å². The highest BCUT2D eigenvalue weighted by Gasteiger charge is 2.36. The molecule has 0 aromatic heterocycles. The summed E-state index contributed by atoms with van der Waals surface area (Å²) in [6.45, 7) is 0.877. The van der Waals surface area contributed by atoms with Crippen LogP contribution in [0.15, 0.2) is 18.2 Å². The molecule has 1 heterocycles. The Morgan fingerprint density at radius 3 is 2.65 bits per heavy atom. The van der Waals surface area contributed by atoms with Gasteiger partial charge in [0.05, 0.1) is 10.7 Å². The second kappa shape index (κ2) is 5.65. The summed E-state index contributed by atoms with van der Waals surface area (Å²) in [6.07, 6.45) is 7.45. The summed E-state index contributed by atoms with van der Waals surface area (Å²) < 4.78 is 0. The Bertz CT molecular complexity index is 511. The number of likely N-dealkylation sites (tertiary alicyclic amines) is 1. The molecule has 1 aromatic carbocycles. The SMILES string of the molecule is Nc1ccc(C(=O)N2CCCC2C2CCCC2)cc1Cl. The molecule has 1 aliphatic heterocycles. The lowest BCUT2D eigenvalue weighted by Gasteiger charge is -2.29. The van der Waals surface area contributed by atoms with E-state index in [-0.39, 0.29) is 5.91 Å². The number of nitrogen functional groups attached to an aromatic ring is 1. The van der Waals surface area contributed by atoms with Crippen molar-refractivity contribution < 1.29 is 4.79 Å². The summed E-state index contributed by atoms with van der Waals surface area (Å²) in [5, 5.41) is 0.465. The van der Waals surface area contributed by atoms with E-state index < -0.39 is 0 Å². The second-order valence-electron chi connectivity index (χ2n) is 5.99. The monoisotopic (exact) mass is 292 g/mol. The van der Waals surface area contributed by atoms with Crippen molar-refractivity contribution in [1.29, 1.82) is 0 Å². The van der Waals surface area contributed by atoms with Gasteiger partial charge in [0.1, 0.15) is 0 Å². The van der Waals surface area contributed by atoms with Crippen LogP contribution in [0.5, 0.6) is 0 Å². The molecule has 2 N–H and O–H groups in total. The largest absolute Gasteiger partial charge is 0.398 e. The first-order valence-electron chi connectivity index (χ1n) is 7.53. The van der Waals surface area contributed by atoms with Crippen LogP contribution in [0.3, 0.4) is 0 Å². The summed E-state index contributed by atoms with van der Waals surface area (Å²) in [7, 11) is 0. The van der Waals surface area contributed by atoms with Gasteiger partial charge in [0.25, 0.3) is 5.91 Å². The number of halogens is 1. The fourth-order valence-electron chi connectivity index (χ4n) is 3.70. The fraction of sp³-hybridized carbons (Fsp3) is 0.562. The molecule has 1 aromatic rings. The number of anilines is 1. The molecule has 1 aliphatic carbocycles. The Kier molecular flexibility index (Phi) is 3.88. The van der Waals surface area contributed by atoms with Gasteiger partial charge in [0.15, 0.2) is 0 Å². The summed E-state index contributed by atoms with van der Waals surface area (Å²) in [4.78, 5) is 14.8. The van der Waals surface area contributed by atoms with E-state index in [4.69, 9.17) is 17.3 Å². The van der Waals surface area contributed by atoms with Crippen LogP contribution in [-0.4, -0.2) is 23.4 Å². The Hall–Kier alpha value is -1.22. The molecular weight excluding hydrogens is 272 g/mol. The van der Waals surface area contributed by atoms with Crippen LogP contribution in [0.4, 0.5) is 5.69 Å². The summed E-state index contributed by atoms with van der Waals surface area (Å²) in [5.41, 5.74) is 6.90. The third kappa shape index (κ3) is 2.51. The number of nitrogens with two attached hydrogens (primary N) is 1. The molecule has 1 atom stereocenters. The van der Waals surface area contributed by atoms with Crippen LogP contribution in [0, 0.1) is 5.92 Å². The maximum atomic E-state index is 12.7. The van der Waals surface area contributed by atoms with Crippen LogP contribution in [-0.2, 0) is 0 Å². The number of hydrogen-bond donors (Lipinski definition) is 1. The van der Waals surface area contributed by atoms with E-state index in [0.717, 1.165) is 19.4 Å². The lowest BCUT2D eigenvalue weighted by molar-refractivity contribution is 0.0689. The van der Waals surface area contributed by atoms with Crippen LogP contribution < -0.4 is 5.73 Å². The molecule has 0 radical (unpaired) electrons. The number of hydrogen-bond acceptors (Lipinski definition) is 2. The number of rotatable bonds is 2. The highest BCUT2D eigenvalue weighted by molar-refractivity contribution is 6.33. The first-order chi connectivity index (χ1) is 9.66. The number of nitrogens with zero attached hydrogens (tertiary/aromatic N) is 1. The Balaban J connectivity index is 1.79. The van der Waals surface area contributed by atoms with E-state index in [0.29, 0.717) is 28.2 Å². The highest BCUT2D eigenvalue weighted by atomic mass is 35.5. The number of carbonyl (C=O) groups is 1. The van der Waals surface area contributed by atoms with Gasteiger partial charge in [-0.15, -0.1) is 0 Å². The zero-order valence-corrected chi connectivity index (χ0v) is 12.4. The molecule has 108 valence electrons. The minimum atomic E-state index is 0.112. The third-order valence-electron chi connectivity index (χ3n) is 4.75. The average Bonchev–Trinajstić information content (AvgIpc) is 3.10. The van der Waals surface area contributed by atoms with Gasteiger partial charge in [-0.05, 0) is 49.8 Å². The first kappa shape index (κ1) is 13.7. The zero-order chi connectivity index (χ0) is 14.1. The lowest BCUT2D eigenvalue weighted by Crippen LogP contribution is -2.39. The van der Waals surface area contributed by atoms with Crippen molar-refractivity contribution in [3.8, 4) is 0 Å². The van der Waals surface area contributed by atoms with Crippen molar-refractivity contribution in [2.24, 2.45) is 5.92 Å². The maximum absolute atomic E-state index is 12.7. The number of amides is 1. The van der Waals surface area contributed by atoms with Crippen molar-refractivity contribution in [2.45, 2.75) is 44.6 Å². The molecule has 3 rings (SSSR count). The van der Waals surface area contributed by atoms with Crippen LogP contribution in [0.25, 0.3) is 0 Å². The standard InChI is InChI=1S/C16H21ClN2O/c17-13-10-12(7-8-14(13)18)16(20)19-9-3-6-15(19)11-4-1-2-5-11/h7-8,10-11,15H,1-6,9,18H2. The molecule has 1 saturated heterocycles. The smallest absolute Gasteiger partial charge is 0.254 e. The third-order valence-corrected chi connectivity index (χ3v) is 5.08. The van der Waals surface area contributed by atoms with Crippen LogP contribution in [0.2, 0.25) is 5.02 Å². The van der Waals surface area contributed by atoms with E-state index in [2.05, 4.69) is 4.90 Å². The Morgan fingerprint density at radius 1 is 1.20 bits per heavy atom. The molecule has 3 nitrogen and oxygen atoms in total. The lowest BCUT2D eigenvalue weighted by atomic mass is 9.95. The minimum absolute atomic E-state index is 0.112. The van der Waals surface area contributed by atoms with Gasteiger partial charge in [0, 0.05) is 18.2 Å². The Labute approximate surface area is 125 Å². The summed E-state index contributed by atoms with van der Waals surface area (Å²) >= 11 is 6.03. The molecule has 1 saturated carbocycles. The normalized spacial score (nSPS) is 23.4. The van der Waals surface area contributed by atoms with E-state index in [1.807, 2.05) is 0 Å². The topological polar surface area (TPSA) is 46.3 Å². The first-order valence-corrected chi connectivity index (χ1v) is 7.90. The quantitative estimate of drug-likeness (QED) is 0.845. The van der Waals surface area contributed by atoms with Gasteiger partial charge in [-0.25, -0.2) is 0 Å². The van der Waals surface area contributed by atoms with Crippen LogP contribution in [0.1, 0.15) is 48.9 Å².